The fourth-order valence-electron chi connectivity index (χ4n) is 0.947. The first-order chi connectivity index (χ1) is 6.29. The van der Waals surface area contributed by atoms with Crippen LogP contribution < -0.4 is 0 Å². The summed E-state index contributed by atoms with van der Waals surface area (Å²) in [5.41, 5.74) is 1.22. The molecule has 0 aliphatic rings. The summed E-state index contributed by atoms with van der Waals surface area (Å²) in [6.45, 7) is 5.27. The second-order valence-corrected chi connectivity index (χ2v) is 4.33. The lowest BCUT2D eigenvalue weighted by Gasteiger charge is -2.02. The molecule has 0 unspecified atom stereocenters. The van der Waals surface area contributed by atoms with Gasteiger partial charge in [0.2, 0.25) is 0 Å². The predicted octanol–water partition coefficient (Wildman–Crippen LogP) is 3.54. The van der Waals surface area contributed by atoms with Crippen LogP contribution in [-0.4, -0.2) is 6.61 Å². The summed E-state index contributed by atoms with van der Waals surface area (Å²) >= 11 is 2.22. The molecule has 0 saturated heterocycles. The van der Waals surface area contributed by atoms with E-state index < -0.39 is 0 Å². The van der Waals surface area contributed by atoms with Gasteiger partial charge in [-0.3, -0.25) is 0 Å². The highest BCUT2D eigenvalue weighted by atomic mass is 127. The van der Waals surface area contributed by atoms with Crippen molar-refractivity contribution >= 4 is 22.6 Å². The van der Waals surface area contributed by atoms with Crippen molar-refractivity contribution in [3.8, 4) is 0 Å². The van der Waals surface area contributed by atoms with Crippen LogP contribution in [-0.2, 0) is 11.3 Å². The van der Waals surface area contributed by atoms with Crippen molar-refractivity contribution in [2.45, 2.75) is 13.0 Å². The summed E-state index contributed by atoms with van der Waals surface area (Å²) in [4.78, 5) is 0. The van der Waals surface area contributed by atoms with E-state index in [4.69, 9.17) is 4.74 Å². The summed E-state index contributed by atoms with van der Waals surface area (Å²) in [7, 11) is 0. The zero-order chi connectivity index (χ0) is 9.52. The molecule has 0 fully saturated rings. The first-order valence-electron chi connectivity index (χ1n) is 4.24. The quantitative estimate of drug-likeness (QED) is 0.595. The van der Waals surface area contributed by atoms with E-state index in [1.807, 2.05) is 18.2 Å². The minimum atomic E-state index is 0.699. The number of benzene rings is 1. The summed E-state index contributed by atoms with van der Waals surface area (Å²) in [6.07, 6.45) is 0.938. The third-order valence-electron chi connectivity index (χ3n) is 1.63. The van der Waals surface area contributed by atoms with Crippen LogP contribution >= 0.6 is 22.6 Å². The van der Waals surface area contributed by atoms with Crippen molar-refractivity contribution in [3.05, 3.63) is 46.1 Å². The van der Waals surface area contributed by atoms with E-state index in [1.165, 1.54) is 5.56 Å². The van der Waals surface area contributed by atoms with Gasteiger partial charge in [-0.1, -0.05) is 36.9 Å². The van der Waals surface area contributed by atoms with Crippen LogP contribution in [0.1, 0.15) is 12.0 Å². The Morgan fingerprint density at radius 1 is 1.31 bits per heavy atom. The van der Waals surface area contributed by atoms with E-state index in [-0.39, 0.29) is 0 Å². The molecule has 2 heteroatoms. The first kappa shape index (κ1) is 10.7. The van der Waals surface area contributed by atoms with Crippen molar-refractivity contribution in [2.75, 3.05) is 6.61 Å². The van der Waals surface area contributed by atoms with Gasteiger partial charge >= 0.3 is 0 Å². The maximum absolute atomic E-state index is 5.46. The number of hydrogen-bond acceptors (Lipinski definition) is 1. The third-order valence-corrected chi connectivity index (χ3v) is 2.17. The van der Waals surface area contributed by atoms with Gasteiger partial charge in [0.25, 0.3) is 0 Å². The Hall–Kier alpha value is -0.350. The Labute approximate surface area is 92.9 Å². The molecule has 0 aliphatic heterocycles. The van der Waals surface area contributed by atoms with Gasteiger partial charge in [0.05, 0.1) is 13.2 Å². The molecule has 0 amide bonds. The minimum Gasteiger partial charge on any atom is -0.376 e. The van der Waals surface area contributed by atoms with Gasteiger partial charge in [0.15, 0.2) is 0 Å². The molecular formula is C11H13IO. The molecule has 0 N–H and O–H groups in total. The van der Waals surface area contributed by atoms with Crippen LogP contribution in [0.4, 0.5) is 0 Å². The second-order valence-electron chi connectivity index (χ2n) is 2.81. The topological polar surface area (TPSA) is 9.23 Å². The molecule has 0 aliphatic carbocycles. The van der Waals surface area contributed by atoms with Gasteiger partial charge in [-0.2, -0.15) is 0 Å². The fraction of sp³-hybridized carbons (Fsp3) is 0.273. The van der Waals surface area contributed by atoms with Gasteiger partial charge < -0.3 is 4.74 Å². The number of hydrogen-bond donors (Lipinski definition) is 0. The molecule has 0 saturated carbocycles. The zero-order valence-electron chi connectivity index (χ0n) is 7.50. The summed E-state index contributed by atoms with van der Waals surface area (Å²) in [5, 5.41) is 0. The van der Waals surface area contributed by atoms with Gasteiger partial charge in [0.1, 0.15) is 0 Å². The Balaban J connectivity index is 2.17. The molecule has 0 aromatic heterocycles. The number of halogens is 1. The lowest BCUT2D eigenvalue weighted by Crippen LogP contribution is -1.94. The normalized spacial score (nSPS) is 9.92. The van der Waals surface area contributed by atoms with Crippen LogP contribution in [0.25, 0.3) is 0 Å². The third kappa shape index (κ3) is 5.05. The van der Waals surface area contributed by atoms with Crippen LogP contribution in [0.2, 0.25) is 0 Å². The van der Waals surface area contributed by atoms with E-state index in [0.29, 0.717) is 6.61 Å². The van der Waals surface area contributed by atoms with Gasteiger partial charge in [-0.15, -0.1) is 0 Å². The van der Waals surface area contributed by atoms with Crippen LogP contribution in [0.15, 0.2) is 40.5 Å². The predicted molar refractivity (Wildman–Crippen MR) is 63.9 cm³/mol. The lowest BCUT2D eigenvalue weighted by molar-refractivity contribution is 0.125. The summed E-state index contributed by atoms with van der Waals surface area (Å²) in [5.74, 6) is 0. The zero-order valence-corrected chi connectivity index (χ0v) is 9.66. The molecule has 0 spiro atoms. The van der Waals surface area contributed by atoms with Crippen molar-refractivity contribution in [1.82, 2.24) is 0 Å². The van der Waals surface area contributed by atoms with Crippen molar-refractivity contribution < 1.29 is 4.74 Å². The molecule has 0 atom stereocenters. The van der Waals surface area contributed by atoms with Crippen LogP contribution in [0.3, 0.4) is 0 Å². The highest BCUT2D eigenvalue weighted by molar-refractivity contribution is 14.1. The molecule has 0 bridgehead atoms. The van der Waals surface area contributed by atoms with Crippen molar-refractivity contribution in [3.63, 3.8) is 0 Å². The Morgan fingerprint density at radius 3 is 2.62 bits per heavy atom. The van der Waals surface area contributed by atoms with Gasteiger partial charge in [-0.05, 0) is 31.7 Å². The van der Waals surface area contributed by atoms with E-state index in [0.717, 1.165) is 16.6 Å². The molecule has 1 aromatic rings. The molecule has 70 valence electrons. The molecule has 13 heavy (non-hydrogen) atoms. The smallest absolute Gasteiger partial charge is 0.0717 e. The van der Waals surface area contributed by atoms with E-state index in [9.17, 15) is 0 Å². The molecular weight excluding hydrogens is 275 g/mol. The first-order valence-corrected chi connectivity index (χ1v) is 5.32. The van der Waals surface area contributed by atoms with Crippen LogP contribution in [0.5, 0.6) is 0 Å². The Bertz CT molecular complexity index is 256. The maximum atomic E-state index is 5.46. The van der Waals surface area contributed by atoms with E-state index >= 15 is 0 Å². The Kier molecular flexibility index (Phi) is 5.08. The second kappa shape index (κ2) is 6.16. The van der Waals surface area contributed by atoms with Crippen molar-refractivity contribution in [2.24, 2.45) is 0 Å². The van der Waals surface area contributed by atoms with Crippen molar-refractivity contribution in [1.29, 1.82) is 0 Å². The lowest BCUT2D eigenvalue weighted by atomic mass is 10.2. The van der Waals surface area contributed by atoms with E-state index in [1.54, 1.807) is 0 Å². The van der Waals surface area contributed by atoms with Gasteiger partial charge in [-0.25, -0.2) is 0 Å². The number of ether oxygens (including phenoxy) is 1. The van der Waals surface area contributed by atoms with Gasteiger partial charge in [0, 0.05) is 6.42 Å². The molecule has 0 heterocycles. The highest BCUT2D eigenvalue weighted by Gasteiger charge is 1.92. The van der Waals surface area contributed by atoms with E-state index in [2.05, 4.69) is 41.3 Å². The molecule has 1 rings (SSSR count). The summed E-state index contributed by atoms with van der Waals surface area (Å²) in [6, 6.07) is 10.2. The largest absolute Gasteiger partial charge is 0.376 e. The minimum absolute atomic E-state index is 0.699. The highest BCUT2D eigenvalue weighted by Crippen LogP contribution is 2.08. The monoisotopic (exact) mass is 288 g/mol. The molecule has 1 aromatic carbocycles. The van der Waals surface area contributed by atoms with Crippen LogP contribution in [0, 0.1) is 0 Å². The fourth-order valence-corrected chi connectivity index (χ4v) is 1.17. The standard InChI is InChI=1S/C11H13IO/c1-10(12)7-8-13-9-11-5-3-2-4-6-11/h2-6H,1,7-9H2. The maximum Gasteiger partial charge on any atom is 0.0717 e. The average Bonchev–Trinajstić information content (AvgIpc) is 2.14. The average molecular weight is 288 g/mol. The molecule has 1 nitrogen and oxygen atoms in total. The SMILES string of the molecule is C=C(I)CCOCc1ccccc1. The summed E-state index contributed by atoms with van der Waals surface area (Å²) < 4.78 is 6.61. The number of rotatable bonds is 5. The Morgan fingerprint density at radius 2 is 2.00 bits per heavy atom. The molecule has 0 radical (unpaired) electrons.